The van der Waals surface area contributed by atoms with E-state index in [9.17, 15) is 13.0 Å². The smallest absolute Gasteiger partial charge is 0.268 e. The molecule has 142 valence electrons. The lowest BCUT2D eigenvalue weighted by molar-refractivity contribution is 0.145. The largest absolute Gasteiger partial charge is 0.285 e. The highest BCUT2D eigenvalue weighted by Crippen LogP contribution is 2.47. The molecule has 1 atom stereocenters. The van der Waals surface area contributed by atoms with Crippen LogP contribution in [0.4, 0.5) is 0 Å². The van der Waals surface area contributed by atoms with Gasteiger partial charge in [0.15, 0.2) is 0 Å². The Hall–Kier alpha value is -0.0900. The van der Waals surface area contributed by atoms with E-state index < -0.39 is 15.4 Å². The fraction of sp³-hybridized carbons (Fsp3) is 1.00. The molecule has 2 fully saturated rings. The van der Waals surface area contributed by atoms with Crippen molar-refractivity contribution >= 4 is 10.1 Å². The van der Waals surface area contributed by atoms with E-state index in [2.05, 4.69) is 0 Å². The van der Waals surface area contributed by atoms with Crippen LogP contribution in [-0.2, 0) is 10.1 Å². The van der Waals surface area contributed by atoms with Crippen molar-refractivity contribution in [2.75, 3.05) is 0 Å². The first-order valence-electron chi connectivity index (χ1n) is 10.5. The van der Waals surface area contributed by atoms with Gasteiger partial charge in [-0.2, -0.15) is 8.42 Å². The molecule has 3 nitrogen and oxygen atoms in total. The van der Waals surface area contributed by atoms with Gasteiger partial charge in [-0.15, -0.1) is 0 Å². The molecule has 0 bridgehead atoms. The highest BCUT2D eigenvalue weighted by atomic mass is 32.2. The third-order valence-electron chi connectivity index (χ3n) is 6.53. The lowest BCUT2D eigenvalue weighted by Gasteiger charge is -2.42. The molecule has 0 radical (unpaired) electrons. The van der Waals surface area contributed by atoms with Crippen molar-refractivity contribution < 1.29 is 13.0 Å². The first-order valence-corrected chi connectivity index (χ1v) is 12.0. The van der Waals surface area contributed by atoms with Gasteiger partial charge in [0.05, 0.1) is 5.25 Å². The average Bonchev–Trinajstić information content (AvgIpc) is 2.55. The molecule has 0 aliphatic heterocycles. The summed E-state index contributed by atoms with van der Waals surface area (Å²) < 4.78 is 34.4. The summed E-state index contributed by atoms with van der Waals surface area (Å²) in [5, 5.41) is -0.518. The zero-order valence-electron chi connectivity index (χ0n) is 15.5. The normalized spacial score (nSPS) is 28.8. The van der Waals surface area contributed by atoms with Crippen LogP contribution < -0.4 is 0 Å². The van der Waals surface area contributed by atoms with Crippen LogP contribution in [0, 0.1) is 5.41 Å². The van der Waals surface area contributed by atoms with E-state index in [1.54, 1.807) is 0 Å². The van der Waals surface area contributed by atoms with Gasteiger partial charge < -0.3 is 0 Å². The molecule has 2 aliphatic rings. The summed E-state index contributed by atoms with van der Waals surface area (Å²) >= 11 is 0. The summed E-state index contributed by atoms with van der Waals surface area (Å²) in [7, 11) is -3.95. The molecular formula is C20H38O3S. The molecular weight excluding hydrogens is 320 g/mol. The number of rotatable bonds is 1. The van der Waals surface area contributed by atoms with E-state index >= 15 is 0 Å². The molecule has 0 saturated heterocycles. The molecule has 1 N–H and O–H groups in total. The summed E-state index contributed by atoms with van der Waals surface area (Å²) in [6.45, 7) is 0. The van der Waals surface area contributed by atoms with Crippen LogP contribution >= 0.6 is 0 Å². The van der Waals surface area contributed by atoms with Crippen LogP contribution in [0.15, 0.2) is 0 Å². The third-order valence-corrected chi connectivity index (χ3v) is 7.99. The van der Waals surface area contributed by atoms with Gasteiger partial charge in [0.2, 0.25) is 0 Å². The summed E-state index contributed by atoms with van der Waals surface area (Å²) in [6.07, 6.45) is 20.7. The summed E-state index contributed by atoms with van der Waals surface area (Å²) in [4.78, 5) is 0. The fourth-order valence-electron chi connectivity index (χ4n) is 5.16. The minimum absolute atomic E-state index is 0.147. The van der Waals surface area contributed by atoms with Crippen molar-refractivity contribution in [1.82, 2.24) is 0 Å². The standard InChI is InChI=1S/C20H38O3S/c21-24(22,23)19-15-11-8-6-4-2-1-3-5-7-9-12-16-20(19)17-13-10-14-18-20/h19H,1-18H2,(H,21,22,23). The maximum absolute atomic E-state index is 12.2. The second-order valence-electron chi connectivity index (χ2n) is 8.35. The number of hydrogen-bond acceptors (Lipinski definition) is 2. The molecule has 2 aliphatic carbocycles. The topological polar surface area (TPSA) is 54.4 Å². The van der Waals surface area contributed by atoms with Gasteiger partial charge in [-0.05, 0) is 31.1 Å². The van der Waals surface area contributed by atoms with Crippen molar-refractivity contribution in [1.29, 1.82) is 0 Å². The molecule has 1 spiro atoms. The van der Waals surface area contributed by atoms with Crippen molar-refractivity contribution in [3.8, 4) is 0 Å². The van der Waals surface area contributed by atoms with E-state index in [1.165, 1.54) is 57.8 Å². The third kappa shape index (κ3) is 6.33. The first-order chi connectivity index (χ1) is 11.5. The Labute approximate surface area is 149 Å². The van der Waals surface area contributed by atoms with Crippen LogP contribution in [-0.4, -0.2) is 18.2 Å². The highest BCUT2D eigenvalue weighted by molar-refractivity contribution is 7.86. The first kappa shape index (κ1) is 20.2. The van der Waals surface area contributed by atoms with Crippen molar-refractivity contribution in [3.05, 3.63) is 0 Å². The Bertz CT molecular complexity index is 438. The second kappa shape index (κ2) is 10.2. The number of hydrogen-bond donors (Lipinski definition) is 1. The van der Waals surface area contributed by atoms with E-state index in [0.29, 0.717) is 6.42 Å². The van der Waals surface area contributed by atoms with Crippen molar-refractivity contribution in [2.24, 2.45) is 5.41 Å². The van der Waals surface area contributed by atoms with E-state index in [-0.39, 0.29) is 5.41 Å². The zero-order chi connectivity index (χ0) is 17.3. The molecule has 24 heavy (non-hydrogen) atoms. The van der Waals surface area contributed by atoms with Gasteiger partial charge in [-0.25, -0.2) is 0 Å². The Morgan fingerprint density at radius 1 is 0.583 bits per heavy atom. The molecule has 1 unspecified atom stereocenters. The van der Waals surface area contributed by atoms with Gasteiger partial charge in [0, 0.05) is 0 Å². The van der Waals surface area contributed by atoms with Gasteiger partial charge >= 0.3 is 0 Å². The van der Waals surface area contributed by atoms with Crippen LogP contribution in [0.1, 0.15) is 116 Å². The highest BCUT2D eigenvalue weighted by Gasteiger charge is 2.45. The minimum atomic E-state index is -3.95. The van der Waals surface area contributed by atoms with Gasteiger partial charge in [0.25, 0.3) is 10.1 Å². The van der Waals surface area contributed by atoms with Crippen molar-refractivity contribution in [2.45, 2.75) is 121 Å². The van der Waals surface area contributed by atoms with E-state index in [1.807, 2.05) is 0 Å². The van der Waals surface area contributed by atoms with Crippen LogP contribution in [0.5, 0.6) is 0 Å². The van der Waals surface area contributed by atoms with Gasteiger partial charge in [0.1, 0.15) is 0 Å². The monoisotopic (exact) mass is 358 g/mol. The maximum Gasteiger partial charge on any atom is 0.268 e. The Morgan fingerprint density at radius 2 is 0.917 bits per heavy atom. The molecule has 2 saturated carbocycles. The molecule has 0 amide bonds. The van der Waals surface area contributed by atoms with E-state index in [4.69, 9.17) is 0 Å². The second-order valence-corrected chi connectivity index (χ2v) is 9.95. The Morgan fingerprint density at radius 3 is 1.33 bits per heavy atom. The molecule has 0 aromatic carbocycles. The quantitative estimate of drug-likeness (QED) is 0.561. The molecule has 0 aromatic rings. The summed E-state index contributed by atoms with van der Waals surface area (Å²) in [6, 6.07) is 0. The SMILES string of the molecule is O=S(=O)(O)C1CCCCCCCCCCCCCC12CCCCC2. The van der Waals surface area contributed by atoms with Gasteiger partial charge in [-0.1, -0.05) is 89.9 Å². The van der Waals surface area contributed by atoms with Crippen LogP contribution in [0.25, 0.3) is 0 Å². The Balaban J connectivity index is 2.09. The lowest BCUT2D eigenvalue weighted by atomic mass is 9.67. The predicted octanol–water partition coefficient (Wildman–Crippen LogP) is 6.28. The fourth-order valence-corrected chi connectivity index (χ4v) is 6.61. The molecule has 2 rings (SSSR count). The molecule has 0 aromatic heterocycles. The molecule has 0 heterocycles. The minimum Gasteiger partial charge on any atom is -0.285 e. The average molecular weight is 359 g/mol. The summed E-state index contributed by atoms with van der Waals surface area (Å²) in [5.74, 6) is 0. The van der Waals surface area contributed by atoms with Crippen molar-refractivity contribution in [3.63, 3.8) is 0 Å². The predicted molar refractivity (Wildman–Crippen MR) is 101 cm³/mol. The lowest BCUT2D eigenvalue weighted by Crippen LogP contribution is -2.42. The van der Waals surface area contributed by atoms with Crippen LogP contribution in [0.2, 0.25) is 0 Å². The van der Waals surface area contributed by atoms with Crippen LogP contribution in [0.3, 0.4) is 0 Å². The van der Waals surface area contributed by atoms with Gasteiger partial charge in [-0.3, -0.25) is 4.55 Å². The Kier molecular flexibility index (Phi) is 8.56. The zero-order valence-corrected chi connectivity index (χ0v) is 16.3. The maximum atomic E-state index is 12.2. The van der Waals surface area contributed by atoms with E-state index in [0.717, 1.165) is 51.4 Å². The molecule has 4 heteroatoms. The summed E-state index contributed by atoms with van der Waals surface area (Å²) in [5.41, 5.74) is -0.147.